The number of rotatable bonds is 9. The predicted molar refractivity (Wildman–Crippen MR) is 169 cm³/mol. The summed E-state index contributed by atoms with van der Waals surface area (Å²) >= 11 is 0. The Morgan fingerprint density at radius 2 is 0.907 bits per heavy atom. The molecular formula is C36H38O7. The number of benzene rings is 4. The lowest BCUT2D eigenvalue weighted by Crippen LogP contribution is -2.03. The molecule has 7 nitrogen and oxygen atoms in total. The van der Waals surface area contributed by atoms with Gasteiger partial charge >= 0.3 is 0 Å². The van der Waals surface area contributed by atoms with Crippen LogP contribution in [0.4, 0.5) is 0 Å². The van der Waals surface area contributed by atoms with Crippen molar-refractivity contribution in [1.82, 2.24) is 0 Å². The fourth-order valence-corrected chi connectivity index (χ4v) is 3.92. The van der Waals surface area contributed by atoms with Crippen LogP contribution in [0.5, 0.6) is 11.5 Å². The molecule has 0 N–H and O–H groups in total. The van der Waals surface area contributed by atoms with Crippen LogP contribution in [-0.4, -0.2) is 43.1 Å². The summed E-state index contributed by atoms with van der Waals surface area (Å²) in [7, 11) is 3.29. The summed E-state index contributed by atoms with van der Waals surface area (Å²) in [4.78, 5) is 55.4. The number of aryl methyl sites for hydroxylation is 1. The van der Waals surface area contributed by atoms with Crippen LogP contribution in [0, 0.1) is 0 Å². The van der Waals surface area contributed by atoms with E-state index in [1.54, 1.807) is 28.1 Å². The van der Waals surface area contributed by atoms with Crippen LogP contribution in [-0.2, 0) is 11.2 Å². The molecule has 43 heavy (non-hydrogen) atoms. The fourth-order valence-electron chi connectivity index (χ4n) is 3.92. The van der Waals surface area contributed by atoms with Crippen molar-refractivity contribution in [3.63, 3.8) is 0 Å². The van der Waals surface area contributed by atoms with Crippen molar-refractivity contribution in [2.45, 2.75) is 47.5 Å². The van der Waals surface area contributed by atoms with Gasteiger partial charge in [0, 0.05) is 28.7 Å². The van der Waals surface area contributed by atoms with Gasteiger partial charge in [0.25, 0.3) is 0 Å². The fraction of sp³-hybridized carbons (Fsp3) is 0.250. The van der Waals surface area contributed by atoms with Gasteiger partial charge < -0.3 is 14.3 Å². The topological polar surface area (TPSA) is 104 Å². The van der Waals surface area contributed by atoms with Crippen LogP contribution < -0.4 is 9.47 Å². The van der Waals surface area contributed by atoms with Gasteiger partial charge in [-0.1, -0.05) is 30.3 Å². The first-order valence-corrected chi connectivity index (χ1v) is 13.7. The van der Waals surface area contributed by atoms with Crippen LogP contribution in [0.3, 0.4) is 0 Å². The highest BCUT2D eigenvalue weighted by atomic mass is 16.5. The molecule has 0 aromatic heterocycles. The average molecular weight is 583 g/mol. The molecule has 0 radical (unpaired) electrons. The van der Waals surface area contributed by atoms with E-state index in [2.05, 4.69) is 0 Å². The number of hydrogen-bond donors (Lipinski definition) is 0. The minimum absolute atomic E-state index is 0.0905. The van der Waals surface area contributed by atoms with Crippen molar-refractivity contribution < 1.29 is 33.4 Å². The Hall–Kier alpha value is -4.91. The van der Waals surface area contributed by atoms with Crippen molar-refractivity contribution >= 4 is 39.7 Å². The van der Waals surface area contributed by atoms with Gasteiger partial charge in [0.2, 0.25) is 0 Å². The van der Waals surface area contributed by atoms with Crippen molar-refractivity contribution in [1.29, 1.82) is 0 Å². The maximum Gasteiger partial charge on any atom is 0.159 e. The van der Waals surface area contributed by atoms with Gasteiger partial charge in [-0.3, -0.25) is 19.2 Å². The largest absolute Gasteiger partial charge is 0.497 e. The van der Waals surface area contributed by atoms with E-state index in [0.717, 1.165) is 34.3 Å². The number of hydrogen-bond acceptors (Lipinski definition) is 7. The molecule has 0 spiro atoms. The molecule has 0 unspecified atom stereocenters. The molecule has 0 atom stereocenters. The van der Waals surface area contributed by atoms with E-state index >= 15 is 0 Å². The minimum Gasteiger partial charge on any atom is -0.497 e. The zero-order chi connectivity index (χ0) is 32.1. The van der Waals surface area contributed by atoms with E-state index in [9.17, 15) is 24.0 Å². The number of fused-ring (bicyclic) bond motifs is 1. The Balaban J connectivity index is 0.000000226. The predicted octanol–water partition coefficient (Wildman–Crippen LogP) is 7.56. The standard InChI is InChI=1S/C13H12O2.C12H12O3.C11H14O2/c1-9(14)10-3-4-12-8-13(15-2)6-5-11(12)7-10;1-7(13)10-4-11(8(2)14)6-12(5-10)9(3)15;1-9(12)3-4-10-5-7-11(13-2)8-6-10/h3-8H,1-2H3;4-6H,1-3H3;5-8H,3-4H2,1-2H3. The molecule has 0 aliphatic heterocycles. The normalized spacial score (nSPS) is 9.93. The van der Waals surface area contributed by atoms with E-state index in [1.807, 2.05) is 60.7 Å². The molecule has 0 bridgehead atoms. The summed E-state index contributed by atoms with van der Waals surface area (Å²) in [6, 6.07) is 23.8. The van der Waals surface area contributed by atoms with Crippen molar-refractivity contribution in [3.05, 3.63) is 107 Å². The maximum absolute atomic E-state index is 11.2. The Morgan fingerprint density at radius 3 is 1.33 bits per heavy atom. The third-order valence-corrected chi connectivity index (χ3v) is 6.53. The zero-order valence-corrected chi connectivity index (χ0v) is 25.8. The van der Waals surface area contributed by atoms with Gasteiger partial charge in [0.1, 0.15) is 17.3 Å². The molecule has 4 aromatic carbocycles. The lowest BCUT2D eigenvalue weighted by Gasteiger charge is -2.03. The summed E-state index contributed by atoms with van der Waals surface area (Å²) in [5.41, 5.74) is 3.11. The highest BCUT2D eigenvalue weighted by Crippen LogP contribution is 2.22. The van der Waals surface area contributed by atoms with Crippen molar-refractivity contribution in [3.8, 4) is 11.5 Å². The van der Waals surface area contributed by atoms with Gasteiger partial charge in [-0.15, -0.1) is 0 Å². The number of methoxy groups -OCH3 is 2. The average Bonchev–Trinajstić information content (AvgIpc) is 2.99. The molecule has 4 aromatic rings. The number of ether oxygens (including phenoxy) is 2. The Bertz CT molecular complexity index is 1540. The Labute approximate surface area is 252 Å². The zero-order valence-electron chi connectivity index (χ0n) is 25.8. The van der Waals surface area contributed by atoms with Crippen LogP contribution in [0.15, 0.2) is 78.9 Å². The number of carbonyl (C=O) groups excluding carboxylic acids is 5. The molecule has 0 heterocycles. The monoisotopic (exact) mass is 582 g/mol. The second-order valence-electron chi connectivity index (χ2n) is 10.0. The second kappa shape index (κ2) is 16.5. The quantitative estimate of drug-likeness (QED) is 0.188. The molecule has 0 amide bonds. The molecule has 7 heteroatoms. The SMILES string of the molecule is CC(=O)c1cc(C(C)=O)cc(C(C)=O)c1.COc1ccc(CCC(C)=O)cc1.COc1ccc2cc(C(C)=O)ccc2c1. The third kappa shape index (κ3) is 11.1. The highest BCUT2D eigenvalue weighted by molar-refractivity contribution is 6.04. The second-order valence-corrected chi connectivity index (χ2v) is 10.0. The highest BCUT2D eigenvalue weighted by Gasteiger charge is 2.10. The Kier molecular flexibility index (Phi) is 13.2. The molecular weight excluding hydrogens is 544 g/mol. The minimum atomic E-state index is -0.152. The van der Waals surface area contributed by atoms with Gasteiger partial charge in [-0.05, 0) is 106 Å². The Morgan fingerprint density at radius 1 is 0.488 bits per heavy atom. The molecule has 0 aliphatic carbocycles. The molecule has 4 rings (SSSR count). The van der Waals surface area contributed by atoms with Crippen LogP contribution >= 0.6 is 0 Å². The summed E-state index contributed by atoms with van der Waals surface area (Å²) in [6.45, 7) is 7.41. The molecule has 0 fully saturated rings. The lowest BCUT2D eigenvalue weighted by atomic mass is 10.00. The number of carbonyl (C=O) groups is 5. The lowest BCUT2D eigenvalue weighted by molar-refractivity contribution is -0.117. The molecule has 0 aliphatic rings. The first kappa shape index (κ1) is 34.3. The summed E-state index contributed by atoms with van der Waals surface area (Å²) < 4.78 is 10.2. The number of ketones is 5. The van der Waals surface area contributed by atoms with E-state index in [0.29, 0.717) is 23.1 Å². The van der Waals surface area contributed by atoms with Gasteiger partial charge in [-0.25, -0.2) is 0 Å². The molecule has 0 saturated carbocycles. The van der Waals surface area contributed by atoms with E-state index < -0.39 is 0 Å². The van der Waals surface area contributed by atoms with E-state index in [4.69, 9.17) is 9.47 Å². The molecule has 0 saturated heterocycles. The van der Waals surface area contributed by atoms with Crippen molar-refractivity contribution in [2.24, 2.45) is 0 Å². The third-order valence-electron chi connectivity index (χ3n) is 6.53. The van der Waals surface area contributed by atoms with Gasteiger partial charge in [0.05, 0.1) is 14.2 Å². The smallest absolute Gasteiger partial charge is 0.159 e. The first-order valence-electron chi connectivity index (χ1n) is 13.7. The summed E-state index contributed by atoms with van der Waals surface area (Å²) in [5, 5.41) is 2.14. The maximum atomic E-state index is 11.2. The molecule has 224 valence electrons. The van der Waals surface area contributed by atoms with E-state index in [1.165, 1.54) is 44.5 Å². The van der Waals surface area contributed by atoms with Crippen molar-refractivity contribution in [2.75, 3.05) is 14.2 Å². The van der Waals surface area contributed by atoms with Crippen LogP contribution in [0.2, 0.25) is 0 Å². The van der Waals surface area contributed by atoms with E-state index in [-0.39, 0.29) is 28.9 Å². The van der Waals surface area contributed by atoms with Gasteiger partial charge in [-0.2, -0.15) is 0 Å². The van der Waals surface area contributed by atoms with Crippen LogP contribution in [0.25, 0.3) is 10.8 Å². The summed E-state index contributed by atoms with van der Waals surface area (Å²) in [5.74, 6) is 1.55. The van der Waals surface area contributed by atoms with Crippen LogP contribution in [0.1, 0.15) is 88.0 Å². The summed E-state index contributed by atoms with van der Waals surface area (Å²) in [6.07, 6.45) is 1.44. The van der Waals surface area contributed by atoms with Gasteiger partial charge in [0.15, 0.2) is 23.1 Å². The first-order chi connectivity index (χ1) is 20.3. The number of Topliss-reactive ketones (excluding diaryl/α,β-unsaturated/α-hetero) is 5.